The van der Waals surface area contributed by atoms with Crippen LogP contribution in [0.2, 0.25) is 5.02 Å². The van der Waals surface area contributed by atoms with E-state index in [-0.39, 0.29) is 17.6 Å². The first-order chi connectivity index (χ1) is 17.6. The van der Waals surface area contributed by atoms with Gasteiger partial charge in [0.2, 0.25) is 5.91 Å². The summed E-state index contributed by atoms with van der Waals surface area (Å²) in [4.78, 5) is 26.9. The molecule has 2 aromatic carbocycles. The summed E-state index contributed by atoms with van der Waals surface area (Å²) < 4.78 is 39.7. The molecule has 1 aliphatic carbocycles. The molecule has 2 fully saturated rings. The Hall–Kier alpha value is -3.01. The summed E-state index contributed by atoms with van der Waals surface area (Å²) in [5.74, 6) is 0.571. The molecule has 2 aliphatic rings. The van der Waals surface area contributed by atoms with Crippen LogP contribution in [0.3, 0.4) is 0 Å². The zero-order valence-electron chi connectivity index (χ0n) is 20.3. The molecular formula is C26H30ClF3N4O3. The summed E-state index contributed by atoms with van der Waals surface area (Å²) in [5, 5.41) is 14.8. The molecule has 0 unspecified atom stereocenters. The van der Waals surface area contributed by atoms with E-state index in [1.54, 1.807) is 0 Å². The average Bonchev–Trinajstić information content (AvgIpc) is 2.88. The number of benzene rings is 2. The Morgan fingerprint density at radius 3 is 2.27 bits per heavy atom. The second-order valence-corrected chi connectivity index (χ2v) is 10.2. The van der Waals surface area contributed by atoms with Crippen LogP contribution < -0.4 is 10.2 Å². The average molecular weight is 539 g/mol. The van der Waals surface area contributed by atoms with E-state index in [1.165, 1.54) is 6.07 Å². The largest absolute Gasteiger partial charge is 0.423 e. The van der Waals surface area contributed by atoms with Crippen molar-refractivity contribution in [1.29, 1.82) is 0 Å². The van der Waals surface area contributed by atoms with Gasteiger partial charge in [0.05, 0.1) is 4.92 Å². The quantitative estimate of drug-likeness (QED) is 0.327. The summed E-state index contributed by atoms with van der Waals surface area (Å²) >= 11 is 5.96. The van der Waals surface area contributed by atoms with Crippen molar-refractivity contribution in [3.8, 4) is 0 Å². The minimum absolute atomic E-state index is 0.00423. The highest BCUT2D eigenvalue weighted by Crippen LogP contribution is 2.38. The smallest absolute Gasteiger partial charge is 0.382 e. The maximum Gasteiger partial charge on any atom is 0.423 e. The van der Waals surface area contributed by atoms with Crippen LogP contribution in [0.15, 0.2) is 42.5 Å². The van der Waals surface area contributed by atoms with Crippen LogP contribution in [0.25, 0.3) is 0 Å². The van der Waals surface area contributed by atoms with Gasteiger partial charge in [0.15, 0.2) is 0 Å². The van der Waals surface area contributed by atoms with Crippen molar-refractivity contribution in [1.82, 2.24) is 4.90 Å². The Morgan fingerprint density at radius 2 is 1.68 bits per heavy atom. The van der Waals surface area contributed by atoms with Crippen LogP contribution in [-0.2, 0) is 11.0 Å². The number of nitrogens with zero attached hydrogens (tertiary/aromatic N) is 3. The van der Waals surface area contributed by atoms with Gasteiger partial charge in [0.1, 0.15) is 5.56 Å². The molecule has 0 radical (unpaired) electrons. The highest BCUT2D eigenvalue weighted by Gasteiger charge is 2.38. The van der Waals surface area contributed by atoms with Gasteiger partial charge in [-0.25, -0.2) is 0 Å². The molecule has 1 N–H and O–H groups in total. The van der Waals surface area contributed by atoms with Crippen molar-refractivity contribution < 1.29 is 22.9 Å². The van der Waals surface area contributed by atoms with Gasteiger partial charge in [-0.2, -0.15) is 13.2 Å². The molecule has 0 spiro atoms. The number of halogens is 4. The zero-order valence-corrected chi connectivity index (χ0v) is 21.1. The van der Waals surface area contributed by atoms with Gasteiger partial charge in [0.25, 0.3) is 5.69 Å². The van der Waals surface area contributed by atoms with Gasteiger partial charge >= 0.3 is 6.18 Å². The van der Waals surface area contributed by atoms with Crippen molar-refractivity contribution in [3.05, 3.63) is 63.2 Å². The third kappa shape index (κ3) is 7.06. The number of carbonyl (C=O) groups excluding carboxylic acids is 1. The molecule has 1 amide bonds. The van der Waals surface area contributed by atoms with E-state index in [4.69, 9.17) is 11.6 Å². The maximum absolute atomic E-state index is 13.2. The molecule has 200 valence electrons. The second-order valence-electron chi connectivity index (χ2n) is 9.73. The Bertz CT molecular complexity index is 1100. The van der Waals surface area contributed by atoms with E-state index < -0.39 is 22.4 Å². The molecular weight excluding hydrogens is 509 g/mol. The van der Waals surface area contributed by atoms with E-state index in [1.807, 2.05) is 29.2 Å². The van der Waals surface area contributed by atoms with E-state index >= 15 is 0 Å². The molecule has 1 saturated carbocycles. The van der Waals surface area contributed by atoms with Crippen LogP contribution in [0, 0.1) is 16.0 Å². The van der Waals surface area contributed by atoms with Crippen LogP contribution in [0.4, 0.5) is 30.2 Å². The minimum Gasteiger partial charge on any atom is -0.382 e. The SMILES string of the molecule is O=C(CC[C@H]1CC[C@H](Nc2ccc([N+](=O)[O-])c(C(F)(F)F)c2)CC1)N1CCN(c2ccc(Cl)cc2)CC1. The van der Waals surface area contributed by atoms with E-state index in [2.05, 4.69) is 10.2 Å². The van der Waals surface area contributed by atoms with Crippen molar-refractivity contribution in [2.24, 2.45) is 5.92 Å². The number of nitro groups is 1. The number of nitrogens with one attached hydrogen (secondary N) is 1. The first-order valence-corrected chi connectivity index (χ1v) is 12.9. The molecule has 1 aliphatic heterocycles. The highest BCUT2D eigenvalue weighted by molar-refractivity contribution is 6.30. The number of carbonyl (C=O) groups is 1. The topological polar surface area (TPSA) is 78.7 Å². The van der Waals surface area contributed by atoms with Gasteiger partial charge in [-0.1, -0.05) is 11.6 Å². The summed E-state index contributed by atoms with van der Waals surface area (Å²) in [5.41, 5.74) is -0.860. The molecule has 11 heteroatoms. The highest BCUT2D eigenvalue weighted by atomic mass is 35.5. The van der Waals surface area contributed by atoms with Crippen LogP contribution in [-0.4, -0.2) is 48.0 Å². The van der Waals surface area contributed by atoms with Gasteiger partial charge in [0, 0.05) is 61.1 Å². The Labute approximate surface area is 218 Å². The Kier molecular flexibility index (Phi) is 8.46. The normalized spacial score (nSPS) is 20.5. The molecule has 0 aromatic heterocycles. The first-order valence-electron chi connectivity index (χ1n) is 12.5. The third-order valence-electron chi connectivity index (χ3n) is 7.31. The van der Waals surface area contributed by atoms with Gasteiger partial charge in [-0.15, -0.1) is 0 Å². The van der Waals surface area contributed by atoms with E-state index in [9.17, 15) is 28.1 Å². The van der Waals surface area contributed by atoms with E-state index in [0.29, 0.717) is 30.5 Å². The lowest BCUT2D eigenvalue weighted by molar-refractivity contribution is -0.388. The van der Waals surface area contributed by atoms with Crippen molar-refractivity contribution in [3.63, 3.8) is 0 Å². The van der Waals surface area contributed by atoms with Crippen LogP contribution in [0.5, 0.6) is 0 Å². The standard InChI is InChI=1S/C26H30ClF3N4O3/c27-19-4-9-22(10-5-19)32-13-15-33(16-14-32)25(35)12-3-18-1-6-20(7-2-18)31-21-8-11-24(34(36)37)23(17-21)26(28,29)30/h4-5,8-11,17-18,20,31H,1-3,6-7,12-16H2/t18-,20-. The monoisotopic (exact) mass is 538 g/mol. The second kappa shape index (κ2) is 11.6. The lowest BCUT2D eigenvalue weighted by atomic mass is 9.83. The fourth-order valence-corrected chi connectivity index (χ4v) is 5.32. The molecule has 1 heterocycles. The lowest BCUT2D eigenvalue weighted by Crippen LogP contribution is -2.48. The number of alkyl halides is 3. The number of hydrogen-bond donors (Lipinski definition) is 1. The predicted molar refractivity (Wildman–Crippen MR) is 137 cm³/mol. The number of rotatable bonds is 7. The number of piperazine rings is 1. The minimum atomic E-state index is -4.80. The molecule has 0 bridgehead atoms. The number of amides is 1. The van der Waals surface area contributed by atoms with Crippen molar-refractivity contribution in [2.45, 2.75) is 50.7 Å². The predicted octanol–water partition coefficient (Wildman–Crippen LogP) is 6.37. The molecule has 37 heavy (non-hydrogen) atoms. The molecule has 2 aromatic rings. The Morgan fingerprint density at radius 1 is 1.03 bits per heavy atom. The fourth-order valence-electron chi connectivity index (χ4n) is 5.19. The Balaban J connectivity index is 1.20. The maximum atomic E-state index is 13.2. The third-order valence-corrected chi connectivity index (χ3v) is 7.56. The fraction of sp³-hybridized carbons (Fsp3) is 0.500. The number of anilines is 2. The van der Waals surface area contributed by atoms with Crippen molar-refractivity contribution in [2.75, 3.05) is 36.4 Å². The zero-order chi connectivity index (χ0) is 26.6. The summed E-state index contributed by atoms with van der Waals surface area (Å²) in [6, 6.07) is 10.7. The summed E-state index contributed by atoms with van der Waals surface area (Å²) in [7, 11) is 0. The first kappa shape index (κ1) is 27.0. The number of nitro benzene ring substituents is 1. The molecule has 1 saturated heterocycles. The summed E-state index contributed by atoms with van der Waals surface area (Å²) in [6.07, 6.45) is -0.177. The van der Waals surface area contributed by atoms with Gasteiger partial charge in [-0.05, 0) is 74.4 Å². The van der Waals surface area contributed by atoms with Gasteiger partial charge < -0.3 is 15.1 Å². The molecule has 7 nitrogen and oxygen atoms in total. The van der Waals surface area contributed by atoms with Gasteiger partial charge in [-0.3, -0.25) is 14.9 Å². The van der Waals surface area contributed by atoms with Crippen LogP contribution in [0.1, 0.15) is 44.1 Å². The molecule has 4 rings (SSSR count). The van der Waals surface area contributed by atoms with E-state index in [0.717, 1.165) is 63.0 Å². The lowest BCUT2D eigenvalue weighted by Gasteiger charge is -2.36. The summed E-state index contributed by atoms with van der Waals surface area (Å²) in [6.45, 7) is 2.94. The van der Waals surface area contributed by atoms with Crippen LogP contribution >= 0.6 is 11.6 Å². The number of hydrogen-bond acceptors (Lipinski definition) is 5. The van der Waals surface area contributed by atoms with Crippen molar-refractivity contribution >= 4 is 34.6 Å². The molecule has 0 atom stereocenters.